The van der Waals surface area contributed by atoms with Gasteiger partial charge in [0.1, 0.15) is 34.2 Å². The normalized spacial score (nSPS) is 20.2. The largest absolute Gasteiger partial charge is 0.508 e. The van der Waals surface area contributed by atoms with Crippen molar-refractivity contribution in [3.63, 3.8) is 0 Å². The Morgan fingerprint density at radius 1 is 1.30 bits per heavy atom. The fourth-order valence-electron chi connectivity index (χ4n) is 2.39. The van der Waals surface area contributed by atoms with Crippen molar-refractivity contribution in [3.8, 4) is 11.8 Å². The van der Waals surface area contributed by atoms with Gasteiger partial charge in [0.15, 0.2) is 0 Å². The molecule has 13 heteroatoms. The molecule has 3 rings (SSSR count). The summed E-state index contributed by atoms with van der Waals surface area (Å²) in [6.07, 6.45) is -2.72. The Morgan fingerprint density at radius 3 is 2.40 bits per heavy atom. The molecule has 2 heterocycles. The number of benzene rings is 1. The number of nitrogens with zero attached hydrogens (tertiary/aromatic N) is 4. The van der Waals surface area contributed by atoms with Crippen LogP contribution in [0.15, 0.2) is 35.5 Å². The van der Waals surface area contributed by atoms with Crippen LogP contribution in [0.5, 0.6) is 5.75 Å². The minimum absolute atomic E-state index is 0.0141. The minimum Gasteiger partial charge on any atom is -0.508 e. The Bertz CT molecular complexity index is 952. The number of β-amino-alcohol motifs (C(OH)–C–C–N with tert-alkyl or cyclic N) is 1. The number of hydrogen-bond donors (Lipinski definition) is 3. The predicted molar refractivity (Wildman–Crippen MR) is 94.4 cm³/mol. The fraction of sp³-hybridized carbons (Fsp3) is 0.353. The van der Waals surface area contributed by atoms with E-state index in [1.807, 2.05) is 0 Å². The Morgan fingerprint density at radius 2 is 1.93 bits per heavy atom. The smallest absolute Gasteiger partial charge is 0.451 e. The first kappa shape index (κ1) is 23.6. The summed E-state index contributed by atoms with van der Waals surface area (Å²) in [5.41, 5.74) is -1.39. The van der Waals surface area contributed by atoms with Crippen LogP contribution in [-0.4, -0.2) is 59.1 Å². The molecule has 2 atom stereocenters. The second-order valence-corrected chi connectivity index (χ2v) is 7.75. The van der Waals surface area contributed by atoms with Gasteiger partial charge in [0.25, 0.3) is 0 Å². The molecule has 1 saturated heterocycles. The van der Waals surface area contributed by atoms with Crippen molar-refractivity contribution in [3.05, 3.63) is 47.8 Å². The van der Waals surface area contributed by atoms with Crippen molar-refractivity contribution in [1.82, 2.24) is 14.3 Å². The molecule has 0 spiro atoms. The van der Waals surface area contributed by atoms with Gasteiger partial charge in [0, 0.05) is 31.5 Å². The van der Waals surface area contributed by atoms with Crippen LogP contribution in [-0.2, 0) is 17.2 Å². The van der Waals surface area contributed by atoms with Crippen LogP contribution in [0.2, 0.25) is 0 Å². The Hall–Kier alpha value is -2.66. The van der Waals surface area contributed by atoms with Crippen LogP contribution in [0.4, 0.5) is 17.6 Å². The van der Waals surface area contributed by atoms with Gasteiger partial charge in [-0.15, -0.1) is 0 Å². The highest BCUT2D eigenvalue weighted by Gasteiger charge is 2.39. The molecular weight excluding hydrogens is 432 g/mol. The third-order valence-corrected chi connectivity index (χ3v) is 5.38. The third-order valence-electron chi connectivity index (χ3n) is 3.98. The maximum atomic E-state index is 12.5. The number of alkyl halides is 3. The number of halogens is 4. The average molecular weight is 448 g/mol. The van der Waals surface area contributed by atoms with Crippen molar-refractivity contribution >= 4 is 11.0 Å². The Kier molecular flexibility index (Phi) is 7.43. The van der Waals surface area contributed by atoms with Crippen molar-refractivity contribution < 1.29 is 37.1 Å². The van der Waals surface area contributed by atoms with Crippen molar-refractivity contribution in [2.45, 2.75) is 23.1 Å². The van der Waals surface area contributed by atoms with E-state index in [9.17, 15) is 26.9 Å². The number of rotatable bonds is 3. The van der Waals surface area contributed by atoms with E-state index in [4.69, 9.17) is 15.5 Å². The van der Waals surface area contributed by atoms with Gasteiger partial charge in [-0.3, -0.25) is 0 Å². The molecule has 0 amide bonds. The standard InChI is InChI=1S/C10H12F3N3O3S.C7H4FNO/c11-10(12,13)8-14-3-7(4-15-8)20(19)16-2-1-9(18,5-16)6-17;8-7-3-6(10)2-1-5(7)4-9/h3-4,17-18H,1-2,5-6H2;1-3,10H. The molecular formula is C17H16F4N4O4S. The Balaban J connectivity index is 0.000000269. The van der Waals surface area contributed by atoms with E-state index >= 15 is 0 Å². The number of nitriles is 1. The molecule has 1 aromatic carbocycles. The van der Waals surface area contributed by atoms with E-state index in [0.29, 0.717) is 0 Å². The van der Waals surface area contributed by atoms with Crippen molar-refractivity contribution in [2.24, 2.45) is 0 Å². The van der Waals surface area contributed by atoms with Gasteiger partial charge in [-0.2, -0.15) is 18.4 Å². The van der Waals surface area contributed by atoms with Gasteiger partial charge in [0.05, 0.1) is 17.1 Å². The number of aliphatic hydroxyl groups excluding tert-OH is 1. The van der Waals surface area contributed by atoms with E-state index in [1.54, 1.807) is 6.07 Å². The third kappa shape index (κ3) is 5.92. The van der Waals surface area contributed by atoms with Gasteiger partial charge >= 0.3 is 6.18 Å². The lowest BCUT2D eigenvalue weighted by Gasteiger charge is -2.20. The second-order valence-electron chi connectivity index (χ2n) is 6.26. The van der Waals surface area contributed by atoms with Gasteiger partial charge in [0.2, 0.25) is 5.82 Å². The first-order chi connectivity index (χ1) is 14.0. The zero-order valence-corrected chi connectivity index (χ0v) is 16.0. The summed E-state index contributed by atoms with van der Waals surface area (Å²) in [6, 6.07) is 5.03. The molecule has 1 aliphatic rings. The zero-order chi connectivity index (χ0) is 22.5. The van der Waals surface area contributed by atoms with E-state index in [-0.39, 0.29) is 35.7 Å². The molecule has 2 aromatic rings. The average Bonchev–Trinajstić information content (AvgIpc) is 3.10. The lowest BCUT2D eigenvalue weighted by Crippen LogP contribution is -2.37. The minimum atomic E-state index is -4.65. The molecule has 8 nitrogen and oxygen atoms in total. The quantitative estimate of drug-likeness (QED) is 0.604. The topological polar surface area (TPSA) is 131 Å². The first-order valence-corrected chi connectivity index (χ1v) is 9.38. The molecule has 2 unspecified atom stereocenters. The number of hydrogen-bond acceptors (Lipinski definition) is 7. The molecule has 30 heavy (non-hydrogen) atoms. The van der Waals surface area contributed by atoms with Gasteiger partial charge in [-0.1, -0.05) is 0 Å². The summed E-state index contributed by atoms with van der Waals surface area (Å²) in [5.74, 6) is -2.16. The summed E-state index contributed by atoms with van der Waals surface area (Å²) < 4.78 is 62.8. The highest BCUT2D eigenvalue weighted by Crippen LogP contribution is 2.27. The summed E-state index contributed by atoms with van der Waals surface area (Å²) in [7, 11) is -1.77. The number of phenols is 1. The van der Waals surface area contributed by atoms with Crippen LogP contribution in [0.3, 0.4) is 0 Å². The molecule has 0 bridgehead atoms. The lowest BCUT2D eigenvalue weighted by molar-refractivity contribution is -0.145. The molecule has 1 aromatic heterocycles. The van der Waals surface area contributed by atoms with Crippen molar-refractivity contribution in [1.29, 1.82) is 5.26 Å². The van der Waals surface area contributed by atoms with Gasteiger partial charge in [-0.05, 0) is 18.6 Å². The van der Waals surface area contributed by atoms with Crippen LogP contribution >= 0.6 is 0 Å². The number of phenolic OH excluding ortho intramolecular Hbond substituents is 1. The number of aromatic nitrogens is 2. The summed E-state index contributed by atoms with van der Waals surface area (Å²) in [4.78, 5) is 6.28. The highest BCUT2D eigenvalue weighted by atomic mass is 32.2. The van der Waals surface area contributed by atoms with E-state index in [0.717, 1.165) is 18.5 Å². The molecule has 1 aliphatic heterocycles. The molecule has 0 aliphatic carbocycles. The molecule has 162 valence electrons. The lowest BCUT2D eigenvalue weighted by atomic mass is 10.1. The van der Waals surface area contributed by atoms with Crippen LogP contribution in [0.25, 0.3) is 0 Å². The maximum Gasteiger partial charge on any atom is 0.451 e. The number of aliphatic hydroxyl groups is 2. The number of aromatic hydroxyl groups is 1. The van der Waals surface area contributed by atoms with E-state index < -0.39 is 41.0 Å². The summed E-state index contributed by atoms with van der Waals surface area (Å²) >= 11 is 0. The molecule has 0 saturated carbocycles. The second kappa shape index (κ2) is 9.43. The van der Waals surface area contributed by atoms with Crippen molar-refractivity contribution in [2.75, 3.05) is 19.7 Å². The van der Waals surface area contributed by atoms with E-state index in [2.05, 4.69) is 9.97 Å². The Labute approximate surface area is 170 Å². The summed E-state index contributed by atoms with van der Waals surface area (Å²) in [5, 5.41) is 35.7. The first-order valence-electron chi connectivity index (χ1n) is 8.27. The van der Waals surface area contributed by atoms with Gasteiger partial charge in [-0.25, -0.2) is 22.9 Å². The van der Waals surface area contributed by atoms with Crippen LogP contribution in [0, 0.1) is 17.1 Å². The molecule has 3 N–H and O–H groups in total. The van der Waals surface area contributed by atoms with Gasteiger partial charge < -0.3 is 15.3 Å². The summed E-state index contributed by atoms with van der Waals surface area (Å²) in [6.45, 7) is -0.244. The van der Waals surface area contributed by atoms with Crippen LogP contribution in [0.1, 0.15) is 17.8 Å². The van der Waals surface area contributed by atoms with Crippen LogP contribution < -0.4 is 0 Å². The molecule has 0 radical (unpaired) electrons. The SMILES string of the molecule is N#Cc1ccc(O)cc1F.O=S(c1cnc(C(F)(F)F)nc1)N1CCC(O)(CO)C1. The zero-order valence-electron chi connectivity index (χ0n) is 15.2. The fourth-order valence-corrected chi connectivity index (χ4v) is 3.58. The maximum absolute atomic E-state index is 12.5. The van der Waals surface area contributed by atoms with E-state index in [1.165, 1.54) is 16.4 Å². The predicted octanol–water partition coefficient (Wildman–Crippen LogP) is 1.35. The molecule has 1 fully saturated rings. The monoisotopic (exact) mass is 448 g/mol. The highest BCUT2D eigenvalue weighted by molar-refractivity contribution is 7.82.